The van der Waals surface area contributed by atoms with Crippen LogP contribution in [0.5, 0.6) is 17.2 Å². The van der Waals surface area contributed by atoms with E-state index in [1.807, 2.05) is 81.4 Å². The number of benzene rings is 4. The Kier molecular flexibility index (Phi) is 8.63. The lowest BCUT2D eigenvalue weighted by Gasteiger charge is -2.11. The highest BCUT2D eigenvalue weighted by Gasteiger charge is 2.20. The van der Waals surface area contributed by atoms with Crippen molar-refractivity contribution in [3.8, 4) is 28.4 Å². The van der Waals surface area contributed by atoms with Crippen LogP contribution in [0.1, 0.15) is 45.8 Å². The Labute approximate surface area is 243 Å². The second-order valence-electron chi connectivity index (χ2n) is 9.48. The van der Waals surface area contributed by atoms with Crippen LogP contribution in [0.25, 0.3) is 22.0 Å². The number of ether oxygens (including phenoxy) is 3. The number of nitrogens with zero attached hydrogens (tertiary/aromatic N) is 1. The van der Waals surface area contributed by atoms with Crippen molar-refractivity contribution in [2.75, 3.05) is 13.2 Å². The predicted molar refractivity (Wildman–Crippen MR) is 164 cm³/mol. The van der Waals surface area contributed by atoms with Crippen LogP contribution < -0.4 is 19.6 Å². The van der Waals surface area contributed by atoms with E-state index in [4.69, 9.17) is 14.2 Å². The molecule has 5 rings (SSSR count). The molecule has 0 aliphatic rings. The molecule has 0 radical (unpaired) electrons. The molecule has 0 atom stereocenters. The summed E-state index contributed by atoms with van der Waals surface area (Å²) < 4.78 is 17.0. The first-order valence-electron chi connectivity index (χ1n) is 13.7. The number of aromatic nitrogens is 1. The van der Waals surface area contributed by atoms with Crippen molar-refractivity contribution in [2.24, 2.45) is 5.10 Å². The lowest BCUT2D eigenvalue weighted by Crippen LogP contribution is -2.18. The molecule has 1 amide bonds. The molecular weight excluding hydrogens is 530 g/mol. The quantitative estimate of drug-likeness (QED) is 0.0834. The minimum absolute atomic E-state index is 0.292. The number of hydrogen-bond acceptors (Lipinski definition) is 6. The number of H-pyrrole nitrogens is 1. The summed E-state index contributed by atoms with van der Waals surface area (Å²) in [6.07, 6.45) is 1.50. The van der Waals surface area contributed by atoms with Crippen LogP contribution in [0.4, 0.5) is 0 Å². The van der Waals surface area contributed by atoms with E-state index in [-0.39, 0.29) is 0 Å². The van der Waals surface area contributed by atoms with Gasteiger partial charge < -0.3 is 19.2 Å². The summed E-state index contributed by atoms with van der Waals surface area (Å²) in [7, 11) is 0. The van der Waals surface area contributed by atoms with Crippen molar-refractivity contribution in [1.29, 1.82) is 0 Å². The van der Waals surface area contributed by atoms with Gasteiger partial charge >= 0.3 is 5.97 Å². The van der Waals surface area contributed by atoms with Gasteiger partial charge in [-0.15, -0.1) is 0 Å². The molecule has 8 heteroatoms. The van der Waals surface area contributed by atoms with Gasteiger partial charge in [0.25, 0.3) is 5.91 Å². The summed E-state index contributed by atoms with van der Waals surface area (Å²) in [4.78, 5) is 29.2. The van der Waals surface area contributed by atoms with Gasteiger partial charge in [-0.3, -0.25) is 4.79 Å². The molecule has 4 aromatic carbocycles. The first kappa shape index (κ1) is 28.2. The third-order valence-electron chi connectivity index (χ3n) is 6.51. The zero-order valence-electron chi connectivity index (χ0n) is 23.6. The average Bonchev–Trinajstić information content (AvgIpc) is 3.38. The molecule has 212 valence electrons. The maximum absolute atomic E-state index is 13.3. The molecule has 0 spiro atoms. The molecule has 0 aliphatic heterocycles. The SMILES string of the molecule is CCOc1ccc2[nH]c(C(=O)NN=Cc3ccc(OC(=O)c4ccc(C)cc4)c(OCC)c3)c(-c3ccccc3)c2c1. The molecule has 1 heterocycles. The Hall–Kier alpha value is -5.37. The number of nitrogens with one attached hydrogen (secondary N) is 2. The molecule has 0 saturated heterocycles. The van der Waals surface area contributed by atoms with Gasteiger partial charge in [-0.2, -0.15) is 5.10 Å². The van der Waals surface area contributed by atoms with Gasteiger partial charge in [-0.1, -0.05) is 48.0 Å². The monoisotopic (exact) mass is 561 g/mol. The predicted octanol–water partition coefficient (Wildman–Crippen LogP) is 6.92. The summed E-state index contributed by atoms with van der Waals surface area (Å²) in [6.45, 7) is 6.64. The van der Waals surface area contributed by atoms with Gasteiger partial charge in [-0.25, -0.2) is 10.2 Å². The largest absolute Gasteiger partial charge is 0.494 e. The van der Waals surface area contributed by atoms with Crippen LogP contribution in [0.3, 0.4) is 0 Å². The van der Waals surface area contributed by atoms with Crippen LogP contribution in [0.15, 0.2) is 96.1 Å². The highest BCUT2D eigenvalue weighted by molar-refractivity contribution is 6.10. The number of fused-ring (bicyclic) bond motifs is 1. The van der Waals surface area contributed by atoms with Crippen molar-refractivity contribution in [3.05, 3.63) is 113 Å². The zero-order chi connectivity index (χ0) is 29.5. The number of rotatable bonds is 10. The summed E-state index contributed by atoms with van der Waals surface area (Å²) >= 11 is 0. The molecule has 0 aliphatic carbocycles. The molecule has 8 nitrogen and oxygen atoms in total. The van der Waals surface area contributed by atoms with Gasteiger partial charge in [0.1, 0.15) is 11.4 Å². The summed E-state index contributed by atoms with van der Waals surface area (Å²) in [5, 5.41) is 5.06. The molecule has 0 fully saturated rings. The summed E-state index contributed by atoms with van der Waals surface area (Å²) in [6, 6.07) is 27.6. The number of aromatic amines is 1. The van der Waals surface area contributed by atoms with Gasteiger partial charge in [-0.05, 0) is 80.4 Å². The molecule has 2 N–H and O–H groups in total. The van der Waals surface area contributed by atoms with Gasteiger partial charge in [0.2, 0.25) is 0 Å². The number of hydrazone groups is 1. The lowest BCUT2D eigenvalue weighted by atomic mass is 10.0. The van der Waals surface area contributed by atoms with Crippen molar-refractivity contribution in [3.63, 3.8) is 0 Å². The topological polar surface area (TPSA) is 102 Å². The molecule has 1 aromatic heterocycles. The number of aryl methyl sites for hydroxylation is 1. The van der Waals surface area contributed by atoms with Crippen molar-refractivity contribution in [1.82, 2.24) is 10.4 Å². The molecule has 0 bridgehead atoms. The number of amides is 1. The van der Waals surface area contributed by atoms with Gasteiger partial charge in [0, 0.05) is 16.5 Å². The highest BCUT2D eigenvalue weighted by atomic mass is 16.6. The number of esters is 1. The number of carbonyl (C=O) groups is 2. The van der Waals surface area contributed by atoms with E-state index in [0.717, 1.165) is 33.3 Å². The fourth-order valence-corrected chi connectivity index (χ4v) is 4.53. The summed E-state index contributed by atoms with van der Waals surface area (Å²) in [5.41, 5.74) is 7.61. The maximum Gasteiger partial charge on any atom is 0.343 e. The third kappa shape index (κ3) is 6.33. The Morgan fingerprint density at radius 2 is 1.62 bits per heavy atom. The van der Waals surface area contributed by atoms with Crippen LogP contribution in [0.2, 0.25) is 0 Å². The fourth-order valence-electron chi connectivity index (χ4n) is 4.53. The fraction of sp³-hybridized carbons (Fsp3) is 0.147. The van der Waals surface area contributed by atoms with Crippen LogP contribution in [0, 0.1) is 6.92 Å². The van der Waals surface area contributed by atoms with Gasteiger partial charge in [0.05, 0.1) is 25.0 Å². The Morgan fingerprint density at radius 1 is 0.857 bits per heavy atom. The van der Waals surface area contributed by atoms with Crippen LogP contribution in [-0.2, 0) is 0 Å². The average molecular weight is 562 g/mol. The van der Waals surface area contributed by atoms with E-state index in [1.54, 1.807) is 30.3 Å². The number of carbonyl (C=O) groups excluding carboxylic acids is 2. The van der Waals surface area contributed by atoms with Crippen LogP contribution in [-0.4, -0.2) is 36.3 Å². The molecular formula is C34H31N3O5. The molecule has 5 aromatic rings. The Bertz CT molecular complexity index is 1740. The smallest absolute Gasteiger partial charge is 0.343 e. The standard InChI is InChI=1S/C34H31N3O5/c1-4-40-26-16-17-28-27(20-26)31(24-9-7-6-8-10-24)32(36-28)33(38)37-35-21-23-13-18-29(30(19-23)41-5-2)42-34(39)25-14-11-22(3)12-15-25/h6-21,36H,4-5H2,1-3H3,(H,37,38). The van der Waals surface area contributed by atoms with Crippen molar-refractivity contribution < 1.29 is 23.8 Å². The highest BCUT2D eigenvalue weighted by Crippen LogP contribution is 2.35. The van der Waals surface area contributed by atoms with E-state index in [9.17, 15) is 9.59 Å². The summed E-state index contributed by atoms with van der Waals surface area (Å²) in [5.74, 6) is 0.531. The van der Waals surface area contributed by atoms with Gasteiger partial charge in [0.15, 0.2) is 11.5 Å². The first-order chi connectivity index (χ1) is 20.5. The van der Waals surface area contributed by atoms with Crippen molar-refractivity contribution in [2.45, 2.75) is 20.8 Å². The van der Waals surface area contributed by atoms with E-state index in [1.165, 1.54) is 6.21 Å². The number of hydrogen-bond donors (Lipinski definition) is 2. The van der Waals surface area contributed by atoms with E-state index < -0.39 is 11.9 Å². The maximum atomic E-state index is 13.3. The van der Waals surface area contributed by atoms with Crippen LogP contribution >= 0.6 is 0 Å². The van der Waals surface area contributed by atoms with E-state index in [0.29, 0.717) is 41.5 Å². The second-order valence-corrected chi connectivity index (χ2v) is 9.48. The molecule has 0 saturated carbocycles. The zero-order valence-corrected chi connectivity index (χ0v) is 23.6. The van der Waals surface area contributed by atoms with E-state index in [2.05, 4.69) is 15.5 Å². The molecule has 0 unspecified atom stereocenters. The normalized spacial score (nSPS) is 11.0. The molecule has 42 heavy (non-hydrogen) atoms. The third-order valence-corrected chi connectivity index (χ3v) is 6.51. The minimum Gasteiger partial charge on any atom is -0.494 e. The van der Waals surface area contributed by atoms with Crippen molar-refractivity contribution >= 4 is 29.0 Å². The van der Waals surface area contributed by atoms with E-state index >= 15 is 0 Å². The lowest BCUT2D eigenvalue weighted by molar-refractivity contribution is 0.0728. The second kappa shape index (κ2) is 12.9. The Balaban J connectivity index is 1.36. The Morgan fingerprint density at radius 3 is 2.36 bits per heavy atom. The minimum atomic E-state index is -0.481. The first-order valence-corrected chi connectivity index (χ1v) is 13.7.